The van der Waals surface area contributed by atoms with Crippen molar-refractivity contribution in [2.24, 2.45) is 11.3 Å². The van der Waals surface area contributed by atoms with Gasteiger partial charge in [-0.25, -0.2) is 8.42 Å². The Morgan fingerprint density at radius 2 is 1.81 bits per heavy atom. The molecule has 1 aliphatic rings. The first-order valence-corrected chi connectivity index (χ1v) is 9.68. The first-order valence-electron chi connectivity index (χ1n) is 7.07. The molecule has 0 bridgehead atoms. The monoisotopic (exact) mass is 393 g/mol. The molecule has 1 aliphatic heterocycles. The second kappa shape index (κ2) is 6.19. The highest BCUT2D eigenvalue weighted by atomic mass is 79.9. The van der Waals surface area contributed by atoms with Gasteiger partial charge >= 0.3 is 0 Å². The first kappa shape index (κ1) is 17.3. The van der Waals surface area contributed by atoms with E-state index in [1.54, 1.807) is 22.5 Å². The first-order chi connectivity index (χ1) is 9.62. The molecule has 1 fully saturated rings. The number of hydrogen-bond acceptors (Lipinski definition) is 2. The molecule has 1 aromatic carbocycles. The molecule has 0 unspecified atom stereocenters. The number of rotatable bonds is 2. The number of nitrogens with zero attached hydrogens (tertiary/aromatic N) is 1. The van der Waals surface area contributed by atoms with Crippen LogP contribution in [0.2, 0.25) is 5.02 Å². The van der Waals surface area contributed by atoms with Crippen molar-refractivity contribution in [2.75, 3.05) is 13.1 Å². The van der Waals surface area contributed by atoms with Crippen molar-refractivity contribution in [1.82, 2.24) is 4.31 Å². The predicted octanol–water partition coefficient (Wildman–Crippen LogP) is 4.55. The molecule has 1 aromatic rings. The summed E-state index contributed by atoms with van der Waals surface area (Å²) in [6.07, 6.45) is 1.83. The second-order valence-corrected chi connectivity index (χ2v) is 9.82. The molecule has 0 radical (unpaired) electrons. The smallest absolute Gasteiger partial charge is 0.207 e. The maximum Gasteiger partial charge on any atom is 0.243 e. The van der Waals surface area contributed by atoms with Crippen molar-refractivity contribution in [2.45, 2.75) is 38.5 Å². The lowest BCUT2D eigenvalue weighted by molar-refractivity contribution is 0.154. The molecule has 0 aromatic heterocycles. The van der Waals surface area contributed by atoms with Gasteiger partial charge in [-0.15, -0.1) is 0 Å². The lowest BCUT2D eigenvalue weighted by Crippen LogP contribution is -2.41. The average Bonchev–Trinajstić information content (AvgIpc) is 2.41. The van der Waals surface area contributed by atoms with Crippen molar-refractivity contribution < 1.29 is 8.42 Å². The van der Waals surface area contributed by atoms with Crippen LogP contribution >= 0.6 is 27.5 Å². The Hall–Kier alpha value is -0.100. The van der Waals surface area contributed by atoms with Gasteiger partial charge in [0.05, 0.1) is 9.92 Å². The van der Waals surface area contributed by atoms with Crippen molar-refractivity contribution in [3.63, 3.8) is 0 Å². The minimum absolute atomic E-state index is 0.235. The van der Waals surface area contributed by atoms with Gasteiger partial charge in [0.2, 0.25) is 10.0 Å². The fraction of sp³-hybridized carbons (Fsp3) is 0.600. The molecule has 21 heavy (non-hydrogen) atoms. The van der Waals surface area contributed by atoms with Crippen LogP contribution < -0.4 is 0 Å². The molecule has 1 saturated heterocycles. The van der Waals surface area contributed by atoms with E-state index in [1.807, 2.05) is 0 Å². The normalized spacial score (nSPS) is 18.9. The van der Waals surface area contributed by atoms with Crippen LogP contribution in [-0.4, -0.2) is 25.8 Å². The molecular weight excluding hydrogens is 374 g/mol. The topological polar surface area (TPSA) is 37.4 Å². The van der Waals surface area contributed by atoms with E-state index < -0.39 is 10.0 Å². The third-order valence-electron chi connectivity index (χ3n) is 4.21. The van der Waals surface area contributed by atoms with Crippen LogP contribution in [0.4, 0.5) is 0 Å². The van der Waals surface area contributed by atoms with Crippen LogP contribution in [0.3, 0.4) is 0 Å². The van der Waals surface area contributed by atoms with E-state index in [-0.39, 0.29) is 5.41 Å². The van der Waals surface area contributed by atoms with Crippen molar-refractivity contribution in [1.29, 1.82) is 0 Å². The van der Waals surface area contributed by atoms with Gasteiger partial charge in [-0.1, -0.05) is 32.4 Å². The fourth-order valence-corrected chi connectivity index (χ4v) is 4.89. The van der Waals surface area contributed by atoms with Gasteiger partial charge in [-0.05, 0) is 58.3 Å². The molecular formula is C15H21BrClNO2S. The highest BCUT2D eigenvalue weighted by molar-refractivity contribution is 9.10. The Balaban J connectivity index is 2.17. The SMILES string of the molecule is CC(C)(C)C1CCN(S(=O)(=O)c2ccc(Cl)c(Br)c2)CC1. The third kappa shape index (κ3) is 3.81. The molecule has 6 heteroatoms. The summed E-state index contributed by atoms with van der Waals surface area (Å²) in [6.45, 7) is 7.84. The maximum absolute atomic E-state index is 12.7. The van der Waals surface area contributed by atoms with Crippen LogP contribution in [0.1, 0.15) is 33.6 Å². The van der Waals surface area contributed by atoms with Crippen LogP contribution in [0.15, 0.2) is 27.6 Å². The molecule has 0 spiro atoms. The van der Waals surface area contributed by atoms with Gasteiger partial charge in [-0.3, -0.25) is 0 Å². The fourth-order valence-electron chi connectivity index (χ4n) is 2.75. The maximum atomic E-state index is 12.7. The van der Waals surface area contributed by atoms with E-state index >= 15 is 0 Å². The molecule has 0 saturated carbocycles. The summed E-state index contributed by atoms with van der Waals surface area (Å²) >= 11 is 9.21. The van der Waals surface area contributed by atoms with Crippen molar-refractivity contribution in [3.05, 3.63) is 27.7 Å². The highest BCUT2D eigenvalue weighted by Crippen LogP contribution is 2.36. The Morgan fingerprint density at radius 1 is 1.24 bits per heavy atom. The summed E-state index contributed by atoms with van der Waals surface area (Å²) in [4.78, 5) is 0.299. The van der Waals surface area contributed by atoms with Gasteiger partial charge < -0.3 is 0 Å². The van der Waals surface area contributed by atoms with Crippen LogP contribution in [0.25, 0.3) is 0 Å². The van der Waals surface area contributed by atoms with E-state index in [1.165, 1.54) is 0 Å². The average molecular weight is 395 g/mol. The molecule has 2 rings (SSSR count). The summed E-state index contributed by atoms with van der Waals surface area (Å²) in [7, 11) is -3.43. The number of piperidine rings is 1. The van der Waals surface area contributed by atoms with E-state index in [0.717, 1.165) is 12.8 Å². The number of hydrogen-bond donors (Lipinski definition) is 0. The summed E-state index contributed by atoms with van der Waals surface area (Å²) in [5, 5.41) is 0.514. The van der Waals surface area contributed by atoms with Gasteiger partial charge in [0.15, 0.2) is 0 Å². The summed E-state index contributed by atoms with van der Waals surface area (Å²) in [6, 6.07) is 4.76. The Kier molecular flexibility index (Phi) is 5.08. The van der Waals surface area contributed by atoms with E-state index in [0.29, 0.717) is 33.4 Å². The number of benzene rings is 1. The largest absolute Gasteiger partial charge is 0.243 e. The lowest BCUT2D eigenvalue weighted by Gasteiger charge is -2.38. The number of halogens is 2. The summed E-state index contributed by atoms with van der Waals surface area (Å²) < 4.78 is 27.5. The minimum atomic E-state index is -3.43. The van der Waals surface area contributed by atoms with Crippen LogP contribution in [0.5, 0.6) is 0 Å². The quantitative estimate of drug-likeness (QED) is 0.738. The summed E-state index contributed by atoms with van der Waals surface area (Å²) in [5.41, 5.74) is 0.235. The van der Waals surface area contributed by atoms with E-state index in [2.05, 4.69) is 36.7 Å². The molecule has 0 amide bonds. The van der Waals surface area contributed by atoms with Crippen molar-refractivity contribution in [3.8, 4) is 0 Å². The van der Waals surface area contributed by atoms with Gasteiger partial charge in [-0.2, -0.15) is 4.31 Å². The molecule has 118 valence electrons. The van der Waals surface area contributed by atoms with E-state index in [4.69, 9.17) is 11.6 Å². The van der Waals surface area contributed by atoms with Crippen LogP contribution in [0, 0.1) is 11.3 Å². The molecule has 0 N–H and O–H groups in total. The third-order valence-corrected chi connectivity index (χ3v) is 7.32. The zero-order valence-electron chi connectivity index (χ0n) is 12.6. The summed E-state index contributed by atoms with van der Waals surface area (Å²) in [5.74, 6) is 0.570. The predicted molar refractivity (Wildman–Crippen MR) is 90.1 cm³/mol. The second-order valence-electron chi connectivity index (χ2n) is 6.62. The van der Waals surface area contributed by atoms with Gasteiger partial charge in [0.1, 0.15) is 0 Å². The Bertz CT molecular complexity index is 617. The Labute approximate surface area is 140 Å². The standard InChI is InChI=1S/C15H21BrClNO2S/c1-15(2,3)11-6-8-18(9-7-11)21(19,20)12-4-5-14(17)13(16)10-12/h4-5,10-11H,6-9H2,1-3H3. The minimum Gasteiger partial charge on any atom is -0.207 e. The zero-order chi connectivity index (χ0) is 15.8. The zero-order valence-corrected chi connectivity index (χ0v) is 15.7. The van der Waals surface area contributed by atoms with Crippen LogP contribution in [-0.2, 0) is 10.0 Å². The molecule has 0 aliphatic carbocycles. The lowest BCUT2D eigenvalue weighted by atomic mass is 9.76. The van der Waals surface area contributed by atoms with Gasteiger partial charge in [0.25, 0.3) is 0 Å². The molecule has 3 nitrogen and oxygen atoms in total. The number of sulfonamides is 1. The molecule has 1 heterocycles. The molecule has 0 atom stereocenters. The highest BCUT2D eigenvalue weighted by Gasteiger charge is 2.34. The van der Waals surface area contributed by atoms with E-state index in [9.17, 15) is 8.42 Å². The van der Waals surface area contributed by atoms with Gasteiger partial charge in [0, 0.05) is 17.6 Å². The van der Waals surface area contributed by atoms with Crippen molar-refractivity contribution >= 4 is 37.6 Å². The Morgan fingerprint density at radius 3 is 2.29 bits per heavy atom.